The minimum Gasteiger partial charge on any atom is -0.383 e. The Morgan fingerprint density at radius 1 is 1.69 bits per heavy atom. The highest BCUT2D eigenvalue weighted by Gasteiger charge is 2.04. The quantitative estimate of drug-likeness (QED) is 0.677. The molecule has 16 heavy (non-hydrogen) atoms. The molecule has 90 valence electrons. The summed E-state index contributed by atoms with van der Waals surface area (Å²) in [5, 5.41) is 12.3. The standard InChI is InChI=1S/C10H16BrN3O2/c1-2-16-9(15)6-13-4-7-3-8(11)5-14-10(7)12/h3,5,9,13,15H,2,4,6H2,1H3,(H2,12,14). The van der Waals surface area contributed by atoms with Crippen molar-refractivity contribution < 1.29 is 9.84 Å². The summed E-state index contributed by atoms with van der Waals surface area (Å²) in [6.45, 7) is 3.23. The first kappa shape index (κ1) is 13.4. The van der Waals surface area contributed by atoms with Crippen LogP contribution in [-0.2, 0) is 11.3 Å². The number of hydrogen-bond donors (Lipinski definition) is 3. The highest BCUT2D eigenvalue weighted by Crippen LogP contribution is 2.14. The van der Waals surface area contributed by atoms with Crippen LogP contribution in [0.4, 0.5) is 5.82 Å². The van der Waals surface area contributed by atoms with Gasteiger partial charge in [0, 0.05) is 35.9 Å². The van der Waals surface area contributed by atoms with Gasteiger partial charge in [-0.25, -0.2) is 4.98 Å². The highest BCUT2D eigenvalue weighted by molar-refractivity contribution is 9.10. The summed E-state index contributed by atoms with van der Waals surface area (Å²) in [6.07, 6.45) is 0.861. The van der Waals surface area contributed by atoms with E-state index in [0.717, 1.165) is 10.0 Å². The Bertz CT molecular complexity index is 336. The van der Waals surface area contributed by atoms with Crippen LogP contribution in [0.25, 0.3) is 0 Å². The van der Waals surface area contributed by atoms with Gasteiger partial charge in [-0.2, -0.15) is 0 Å². The molecule has 0 amide bonds. The predicted molar refractivity (Wildman–Crippen MR) is 65.7 cm³/mol. The van der Waals surface area contributed by atoms with Crippen molar-refractivity contribution in [3.05, 3.63) is 22.3 Å². The molecule has 0 fully saturated rings. The van der Waals surface area contributed by atoms with Gasteiger partial charge in [0.15, 0.2) is 6.29 Å². The van der Waals surface area contributed by atoms with Crippen molar-refractivity contribution in [3.63, 3.8) is 0 Å². The average Bonchev–Trinajstić information content (AvgIpc) is 2.23. The van der Waals surface area contributed by atoms with E-state index in [1.54, 1.807) is 6.20 Å². The molecule has 6 heteroatoms. The third-order valence-electron chi connectivity index (χ3n) is 1.96. The summed E-state index contributed by atoms with van der Waals surface area (Å²) in [5.74, 6) is 0.488. The molecule has 1 aromatic heterocycles. The fourth-order valence-corrected chi connectivity index (χ4v) is 1.59. The molecule has 0 saturated carbocycles. The van der Waals surface area contributed by atoms with E-state index in [4.69, 9.17) is 10.5 Å². The van der Waals surface area contributed by atoms with Crippen LogP contribution in [0.1, 0.15) is 12.5 Å². The number of anilines is 1. The van der Waals surface area contributed by atoms with Crippen molar-refractivity contribution in [1.29, 1.82) is 0 Å². The van der Waals surface area contributed by atoms with Gasteiger partial charge < -0.3 is 20.9 Å². The molecule has 0 saturated heterocycles. The number of hydrogen-bond acceptors (Lipinski definition) is 5. The minimum absolute atomic E-state index is 0.361. The van der Waals surface area contributed by atoms with Crippen molar-refractivity contribution in [2.75, 3.05) is 18.9 Å². The number of aromatic nitrogens is 1. The number of halogens is 1. The number of nitrogens with two attached hydrogens (primary N) is 1. The van der Waals surface area contributed by atoms with E-state index in [0.29, 0.717) is 25.5 Å². The smallest absolute Gasteiger partial charge is 0.167 e. The summed E-state index contributed by atoms with van der Waals surface area (Å²) in [7, 11) is 0. The monoisotopic (exact) mass is 289 g/mol. The van der Waals surface area contributed by atoms with E-state index in [1.165, 1.54) is 0 Å². The second-order valence-electron chi connectivity index (χ2n) is 3.24. The molecule has 4 N–H and O–H groups in total. The molecule has 0 aliphatic heterocycles. The molecular formula is C10H16BrN3O2. The number of rotatable bonds is 6. The number of nitrogen functional groups attached to an aromatic ring is 1. The van der Waals surface area contributed by atoms with Crippen molar-refractivity contribution in [2.45, 2.75) is 19.8 Å². The van der Waals surface area contributed by atoms with Crippen molar-refractivity contribution in [2.24, 2.45) is 0 Å². The Morgan fingerprint density at radius 2 is 2.44 bits per heavy atom. The van der Waals surface area contributed by atoms with Crippen molar-refractivity contribution in [3.8, 4) is 0 Å². The Morgan fingerprint density at radius 3 is 3.12 bits per heavy atom. The van der Waals surface area contributed by atoms with E-state index >= 15 is 0 Å². The fraction of sp³-hybridized carbons (Fsp3) is 0.500. The zero-order valence-electron chi connectivity index (χ0n) is 9.11. The Balaban J connectivity index is 2.39. The minimum atomic E-state index is -0.786. The lowest BCUT2D eigenvalue weighted by Gasteiger charge is -2.12. The Labute approximate surface area is 103 Å². The SMILES string of the molecule is CCOC(O)CNCc1cc(Br)cnc1N. The Hall–Kier alpha value is -0.690. The first-order chi connectivity index (χ1) is 7.63. The van der Waals surface area contributed by atoms with Gasteiger partial charge in [0.25, 0.3) is 0 Å². The van der Waals surface area contributed by atoms with E-state index < -0.39 is 6.29 Å². The summed E-state index contributed by atoms with van der Waals surface area (Å²) in [6, 6.07) is 1.89. The second-order valence-corrected chi connectivity index (χ2v) is 4.15. The fourth-order valence-electron chi connectivity index (χ4n) is 1.21. The lowest BCUT2D eigenvalue weighted by atomic mass is 10.2. The van der Waals surface area contributed by atoms with Gasteiger partial charge in [-0.3, -0.25) is 0 Å². The van der Waals surface area contributed by atoms with Gasteiger partial charge in [0.1, 0.15) is 5.82 Å². The maximum absolute atomic E-state index is 9.31. The molecule has 1 aromatic rings. The van der Waals surface area contributed by atoms with Crippen LogP contribution in [-0.4, -0.2) is 29.5 Å². The van der Waals surface area contributed by atoms with Gasteiger partial charge >= 0.3 is 0 Å². The van der Waals surface area contributed by atoms with E-state index in [1.807, 2.05) is 13.0 Å². The average molecular weight is 290 g/mol. The van der Waals surface area contributed by atoms with E-state index in [-0.39, 0.29) is 0 Å². The van der Waals surface area contributed by atoms with Crippen molar-refractivity contribution in [1.82, 2.24) is 10.3 Å². The van der Waals surface area contributed by atoms with Gasteiger partial charge in [-0.05, 0) is 28.9 Å². The summed E-state index contributed by atoms with van der Waals surface area (Å²) in [4.78, 5) is 4.01. The number of aliphatic hydroxyl groups excluding tert-OH is 1. The maximum Gasteiger partial charge on any atom is 0.167 e. The zero-order chi connectivity index (χ0) is 12.0. The third kappa shape index (κ3) is 4.44. The molecule has 5 nitrogen and oxygen atoms in total. The molecule has 1 unspecified atom stereocenters. The van der Waals surface area contributed by atoms with Gasteiger partial charge in [0.2, 0.25) is 0 Å². The summed E-state index contributed by atoms with van der Waals surface area (Å²) >= 11 is 3.32. The number of ether oxygens (including phenoxy) is 1. The molecule has 0 aliphatic rings. The molecule has 0 spiro atoms. The van der Waals surface area contributed by atoms with E-state index in [9.17, 15) is 5.11 Å². The normalized spacial score (nSPS) is 12.7. The first-order valence-corrected chi connectivity index (χ1v) is 5.83. The Kier molecular flexibility index (Phi) is 5.68. The van der Waals surface area contributed by atoms with Crippen LogP contribution >= 0.6 is 15.9 Å². The van der Waals surface area contributed by atoms with E-state index in [2.05, 4.69) is 26.2 Å². The highest BCUT2D eigenvalue weighted by atomic mass is 79.9. The predicted octanol–water partition coefficient (Wildman–Crippen LogP) is 0.871. The van der Waals surface area contributed by atoms with Crippen LogP contribution in [0.5, 0.6) is 0 Å². The van der Waals surface area contributed by atoms with Gasteiger partial charge in [0.05, 0.1) is 0 Å². The molecule has 1 rings (SSSR count). The molecule has 0 bridgehead atoms. The third-order valence-corrected chi connectivity index (χ3v) is 2.40. The van der Waals surface area contributed by atoms with Gasteiger partial charge in [-0.1, -0.05) is 0 Å². The first-order valence-electron chi connectivity index (χ1n) is 5.03. The molecule has 0 aromatic carbocycles. The maximum atomic E-state index is 9.31. The lowest BCUT2D eigenvalue weighted by Crippen LogP contribution is -2.28. The summed E-state index contributed by atoms with van der Waals surface area (Å²) < 4.78 is 5.85. The number of nitrogens with one attached hydrogen (secondary N) is 1. The molecular weight excluding hydrogens is 274 g/mol. The van der Waals surface area contributed by atoms with Crippen LogP contribution < -0.4 is 11.1 Å². The second kappa shape index (κ2) is 6.80. The zero-order valence-corrected chi connectivity index (χ0v) is 10.7. The molecule has 1 atom stereocenters. The van der Waals surface area contributed by atoms with Crippen LogP contribution in [0, 0.1) is 0 Å². The largest absolute Gasteiger partial charge is 0.383 e. The number of nitrogens with zero attached hydrogens (tertiary/aromatic N) is 1. The number of aliphatic hydroxyl groups is 1. The number of pyridine rings is 1. The van der Waals surface area contributed by atoms with Crippen LogP contribution in [0.2, 0.25) is 0 Å². The van der Waals surface area contributed by atoms with Crippen molar-refractivity contribution >= 4 is 21.7 Å². The van der Waals surface area contributed by atoms with Crippen LogP contribution in [0.3, 0.4) is 0 Å². The van der Waals surface area contributed by atoms with Gasteiger partial charge in [-0.15, -0.1) is 0 Å². The molecule has 0 radical (unpaired) electrons. The molecule has 1 heterocycles. The summed E-state index contributed by atoms with van der Waals surface area (Å²) in [5.41, 5.74) is 6.59. The van der Waals surface area contributed by atoms with Crippen LogP contribution in [0.15, 0.2) is 16.7 Å². The lowest BCUT2D eigenvalue weighted by molar-refractivity contribution is -0.0914. The molecule has 0 aliphatic carbocycles. The topological polar surface area (TPSA) is 80.4 Å².